The maximum absolute atomic E-state index is 13.4. The number of Topliss-reactive ketones (excluding diaryl/α,β-unsaturated/α-hetero) is 1. The summed E-state index contributed by atoms with van der Waals surface area (Å²) in [4.78, 5) is 30.1. The summed E-state index contributed by atoms with van der Waals surface area (Å²) in [7, 11) is 3.89. The summed E-state index contributed by atoms with van der Waals surface area (Å²) in [6.45, 7) is 6.65. The third-order valence-electron chi connectivity index (χ3n) is 6.16. The van der Waals surface area contributed by atoms with Crippen molar-refractivity contribution in [2.75, 3.05) is 30.5 Å². The van der Waals surface area contributed by atoms with E-state index in [1.165, 1.54) is 4.90 Å². The molecule has 1 N–H and O–H groups in total. The third kappa shape index (κ3) is 4.98. The van der Waals surface area contributed by atoms with E-state index in [2.05, 4.69) is 13.8 Å². The summed E-state index contributed by atoms with van der Waals surface area (Å²) in [5.41, 5.74) is 3.81. The Morgan fingerprint density at radius 1 is 1.00 bits per heavy atom. The Bertz CT molecular complexity index is 1290. The van der Waals surface area contributed by atoms with Crippen LogP contribution in [0.25, 0.3) is 5.76 Å². The second kappa shape index (κ2) is 10.3. The molecule has 6 nitrogen and oxygen atoms in total. The van der Waals surface area contributed by atoms with Gasteiger partial charge in [0, 0.05) is 31.0 Å². The molecule has 186 valence electrons. The van der Waals surface area contributed by atoms with Gasteiger partial charge >= 0.3 is 0 Å². The van der Waals surface area contributed by atoms with Crippen molar-refractivity contribution in [3.63, 3.8) is 0 Å². The average Bonchev–Trinajstić information content (AvgIpc) is 3.13. The summed E-state index contributed by atoms with van der Waals surface area (Å²) in [6, 6.07) is 21.3. The molecule has 3 aromatic rings. The fourth-order valence-corrected chi connectivity index (χ4v) is 4.27. The predicted molar refractivity (Wildman–Crippen MR) is 144 cm³/mol. The van der Waals surface area contributed by atoms with E-state index < -0.39 is 17.7 Å². The molecule has 0 aliphatic carbocycles. The zero-order valence-corrected chi connectivity index (χ0v) is 21.4. The molecule has 36 heavy (non-hydrogen) atoms. The molecule has 0 spiro atoms. The number of hydrogen-bond donors (Lipinski definition) is 1. The summed E-state index contributed by atoms with van der Waals surface area (Å²) < 4.78 is 5.74. The molecule has 0 saturated carbocycles. The molecule has 1 atom stereocenters. The first-order valence-corrected chi connectivity index (χ1v) is 12.1. The lowest BCUT2D eigenvalue weighted by Crippen LogP contribution is -2.29. The Kier molecular flexibility index (Phi) is 7.15. The topological polar surface area (TPSA) is 70.1 Å². The summed E-state index contributed by atoms with van der Waals surface area (Å²) in [5, 5.41) is 11.3. The normalized spacial score (nSPS) is 17.1. The SMILES string of the molecule is Cc1cccc(N2C(=O)C(=O)/C(=C(/O)c3ccc(OCC(C)C)cc3)C2c2ccc(N(C)C)cc2)c1. The first-order valence-electron chi connectivity index (χ1n) is 12.1. The summed E-state index contributed by atoms with van der Waals surface area (Å²) in [5.74, 6) is -0.525. The first-order chi connectivity index (χ1) is 17.2. The van der Waals surface area contributed by atoms with Crippen molar-refractivity contribution in [2.24, 2.45) is 5.92 Å². The Morgan fingerprint density at radius 2 is 1.67 bits per heavy atom. The number of rotatable bonds is 7. The highest BCUT2D eigenvalue weighted by molar-refractivity contribution is 6.51. The number of aryl methyl sites for hydroxylation is 1. The molecule has 1 saturated heterocycles. The highest BCUT2D eigenvalue weighted by Crippen LogP contribution is 2.42. The van der Waals surface area contributed by atoms with Gasteiger partial charge in [0.2, 0.25) is 0 Å². The maximum Gasteiger partial charge on any atom is 0.300 e. The zero-order chi connectivity index (χ0) is 26.0. The van der Waals surface area contributed by atoms with Gasteiger partial charge in [0.1, 0.15) is 11.5 Å². The van der Waals surface area contributed by atoms with E-state index >= 15 is 0 Å². The Labute approximate surface area is 212 Å². The van der Waals surface area contributed by atoms with Crippen molar-refractivity contribution in [1.29, 1.82) is 0 Å². The lowest BCUT2D eigenvalue weighted by molar-refractivity contribution is -0.132. The number of anilines is 2. The Hall–Kier alpha value is -4.06. The van der Waals surface area contributed by atoms with Crippen LogP contribution in [0.3, 0.4) is 0 Å². The number of ether oxygens (including phenoxy) is 1. The number of benzene rings is 3. The minimum absolute atomic E-state index is 0.0648. The van der Waals surface area contributed by atoms with Gasteiger partial charge < -0.3 is 14.7 Å². The lowest BCUT2D eigenvalue weighted by atomic mass is 9.94. The maximum atomic E-state index is 13.4. The van der Waals surface area contributed by atoms with Crippen molar-refractivity contribution in [1.82, 2.24) is 0 Å². The Morgan fingerprint density at radius 3 is 2.25 bits per heavy atom. The molecule has 3 aromatic carbocycles. The van der Waals surface area contributed by atoms with Crippen LogP contribution < -0.4 is 14.5 Å². The van der Waals surface area contributed by atoms with Crippen LogP contribution in [-0.4, -0.2) is 37.5 Å². The number of aliphatic hydroxyl groups excluding tert-OH is 1. The van der Waals surface area contributed by atoms with Crippen molar-refractivity contribution < 1.29 is 19.4 Å². The van der Waals surface area contributed by atoms with Crippen LogP contribution in [0.15, 0.2) is 78.4 Å². The molecule has 4 rings (SSSR count). The molecule has 0 aromatic heterocycles. The quantitative estimate of drug-likeness (QED) is 0.264. The molecular weight excluding hydrogens is 452 g/mol. The second-order valence-corrected chi connectivity index (χ2v) is 9.72. The molecule has 0 bridgehead atoms. The van der Waals surface area contributed by atoms with Gasteiger partial charge in [0.05, 0.1) is 18.2 Å². The monoisotopic (exact) mass is 484 g/mol. The van der Waals surface area contributed by atoms with Crippen molar-refractivity contribution in [2.45, 2.75) is 26.8 Å². The van der Waals surface area contributed by atoms with E-state index in [9.17, 15) is 14.7 Å². The lowest BCUT2D eigenvalue weighted by Gasteiger charge is -2.26. The fourth-order valence-electron chi connectivity index (χ4n) is 4.27. The molecule has 1 aliphatic rings. The van der Waals surface area contributed by atoms with Gasteiger partial charge in [-0.15, -0.1) is 0 Å². The summed E-state index contributed by atoms with van der Waals surface area (Å²) in [6.07, 6.45) is 0. The Balaban J connectivity index is 1.82. The van der Waals surface area contributed by atoms with Gasteiger partial charge in [0.15, 0.2) is 0 Å². The van der Waals surface area contributed by atoms with Crippen LogP contribution in [0.5, 0.6) is 5.75 Å². The minimum atomic E-state index is -0.764. The molecular formula is C30H32N2O4. The van der Waals surface area contributed by atoms with Crippen molar-refractivity contribution in [3.8, 4) is 5.75 Å². The number of aliphatic hydroxyl groups is 1. The van der Waals surface area contributed by atoms with E-state index in [1.807, 2.05) is 68.4 Å². The number of ketones is 1. The van der Waals surface area contributed by atoms with Crippen molar-refractivity contribution >= 4 is 28.8 Å². The van der Waals surface area contributed by atoms with Gasteiger partial charge in [-0.05, 0) is 72.5 Å². The molecule has 1 unspecified atom stereocenters. The minimum Gasteiger partial charge on any atom is -0.507 e. The van der Waals surface area contributed by atoms with Gasteiger partial charge in [-0.1, -0.05) is 38.1 Å². The average molecular weight is 485 g/mol. The van der Waals surface area contributed by atoms with E-state index in [1.54, 1.807) is 30.3 Å². The van der Waals surface area contributed by atoms with Gasteiger partial charge in [-0.2, -0.15) is 0 Å². The van der Waals surface area contributed by atoms with Crippen LogP contribution in [0.2, 0.25) is 0 Å². The van der Waals surface area contributed by atoms with Crippen molar-refractivity contribution in [3.05, 3.63) is 95.1 Å². The molecule has 1 heterocycles. The van der Waals surface area contributed by atoms with E-state index in [4.69, 9.17) is 4.74 Å². The van der Waals surface area contributed by atoms with Crippen LogP contribution in [-0.2, 0) is 9.59 Å². The van der Waals surface area contributed by atoms with Crippen LogP contribution in [0.1, 0.15) is 36.6 Å². The highest BCUT2D eigenvalue weighted by atomic mass is 16.5. The van der Waals surface area contributed by atoms with Crippen LogP contribution in [0, 0.1) is 12.8 Å². The first kappa shape index (κ1) is 25.0. The molecule has 1 amide bonds. The third-order valence-corrected chi connectivity index (χ3v) is 6.16. The smallest absolute Gasteiger partial charge is 0.300 e. The molecule has 1 aliphatic heterocycles. The molecule has 1 fully saturated rings. The van der Waals surface area contributed by atoms with Gasteiger partial charge in [-0.25, -0.2) is 0 Å². The number of nitrogens with zero attached hydrogens (tertiary/aromatic N) is 2. The number of hydrogen-bond acceptors (Lipinski definition) is 5. The largest absolute Gasteiger partial charge is 0.507 e. The second-order valence-electron chi connectivity index (χ2n) is 9.72. The van der Waals surface area contributed by atoms with Gasteiger partial charge in [0.25, 0.3) is 11.7 Å². The fraction of sp³-hybridized carbons (Fsp3) is 0.267. The van der Waals surface area contributed by atoms with Gasteiger partial charge in [-0.3, -0.25) is 14.5 Å². The number of amides is 1. The number of carbonyl (C=O) groups excluding carboxylic acids is 2. The van der Waals surface area contributed by atoms with E-state index in [0.717, 1.165) is 16.8 Å². The number of carbonyl (C=O) groups is 2. The highest BCUT2D eigenvalue weighted by Gasteiger charge is 2.47. The summed E-state index contributed by atoms with van der Waals surface area (Å²) >= 11 is 0. The zero-order valence-electron chi connectivity index (χ0n) is 21.4. The molecule has 6 heteroatoms. The van der Waals surface area contributed by atoms with E-state index in [-0.39, 0.29) is 11.3 Å². The van der Waals surface area contributed by atoms with Crippen LogP contribution in [0.4, 0.5) is 11.4 Å². The standard InChI is InChI=1S/C30H32N2O4/c1-19(2)18-36-25-15-11-22(12-16-25)28(33)26-27(21-9-13-23(14-10-21)31(4)5)32(30(35)29(26)34)24-8-6-7-20(3)17-24/h6-17,19,27,33H,18H2,1-5H3/b28-26+. The molecule has 0 radical (unpaired) electrons. The predicted octanol–water partition coefficient (Wildman–Crippen LogP) is 5.72. The van der Waals surface area contributed by atoms with E-state index in [0.29, 0.717) is 29.5 Å². The van der Waals surface area contributed by atoms with Crippen LogP contribution >= 0.6 is 0 Å².